The summed E-state index contributed by atoms with van der Waals surface area (Å²) in [6.45, 7) is -0.568. The number of halogens is 1. The summed E-state index contributed by atoms with van der Waals surface area (Å²) in [7, 11) is 0. The largest absolute Gasteiger partial charge is 0.457 e. The summed E-state index contributed by atoms with van der Waals surface area (Å²) in [6.07, 6.45) is -0.220. The molecule has 0 amide bonds. The lowest BCUT2D eigenvalue weighted by atomic mass is 10.1. The topological polar surface area (TPSA) is 89.1 Å². The number of esters is 1. The minimum absolute atomic E-state index is 0.136. The fourth-order valence-electron chi connectivity index (χ4n) is 2.41. The fourth-order valence-corrected chi connectivity index (χ4v) is 2.41. The second-order valence-electron chi connectivity index (χ2n) is 5.29. The lowest BCUT2D eigenvalue weighted by molar-refractivity contribution is -0.141. The number of ether oxygens (including phenoxy) is 1. The Morgan fingerprint density at radius 3 is 2.48 bits per heavy atom. The molecule has 0 radical (unpaired) electrons. The maximum absolute atomic E-state index is 13.5. The Balaban J connectivity index is 1.70. The van der Waals surface area contributed by atoms with Gasteiger partial charge in [0.1, 0.15) is 5.82 Å². The molecule has 0 unspecified atom stereocenters. The van der Waals surface area contributed by atoms with Gasteiger partial charge in [0.05, 0.1) is 23.1 Å². The Kier molecular flexibility index (Phi) is 4.65. The van der Waals surface area contributed by atoms with E-state index in [1.807, 2.05) is 0 Å². The van der Waals surface area contributed by atoms with Gasteiger partial charge in [0.15, 0.2) is 6.61 Å². The van der Waals surface area contributed by atoms with Crippen LogP contribution >= 0.6 is 0 Å². The molecule has 2 aromatic carbocycles. The normalized spacial score (nSPS) is 10.6. The summed E-state index contributed by atoms with van der Waals surface area (Å²) in [5.74, 6) is -2.00. The molecule has 1 aromatic heterocycles. The second kappa shape index (κ2) is 7.04. The van der Waals surface area contributed by atoms with Gasteiger partial charge in [0.25, 0.3) is 5.56 Å². The van der Waals surface area contributed by atoms with Crippen LogP contribution in [0.5, 0.6) is 0 Å². The molecule has 0 atom stereocenters. The number of nitrogens with one attached hydrogen (secondary N) is 1. The molecule has 6 nitrogen and oxygen atoms in total. The zero-order valence-corrected chi connectivity index (χ0v) is 13.0. The number of fused-ring (bicyclic) bond motifs is 1. The van der Waals surface area contributed by atoms with E-state index in [0.29, 0.717) is 16.5 Å². The van der Waals surface area contributed by atoms with E-state index >= 15 is 0 Å². The number of benzene rings is 2. The van der Waals surface area contributed by atoms with Crippen LogP contribution in [0.25, 0.3) is 10.8 Å². The van der Waals surface area contributed by atoms with Gasteiger partial charge in [-0.25, -0.2) is 9.49 Å². The van der Waals surface area contributed by atoms with Gasteiger partial charge in [0.2, 0.25) is 5.78 Å². The fraction of sp³-hybridized carbons (Fsp3) is 0.111. The first-order valence-electron chi connectivity index (χ1n) is 7.46. The highest BCUT2D eigenvalue weighted by atomic mass is 19.1. The second-order valence-corrected chi connectivity index (χ2v) is 5.29. The quantitative estimate of drug-likeness (QED) is 0.567. The Morgan fingerprint density at radius 1 is 1.04 bits per heavy atom. The molecule has 25 heavy (non-hydrogen) atoms. The van der Waals surface area contributed by atoms with E-state index in [0.717, 1.165) is 6.07 Å². The van der Waals surface area contributed by atoms with Crippen molar-refractivity contribution in [2.45, 2.75) is 6.42 Å². The monoisotopic (exact) mass is 340 g/mol. The van der Waals surface area contributed by atoms with Crippen LogP contribution in [-0.4, -0.2) is 28.6 Å². The Labute approximate surface area is 141 Å². The zero-order valence-electron chi connectivity index (χ0n) is 13.0. The van der Waals surface area contributed by atoms with E-state index in [2.05, 4.69) is 10.2 Å². The molecule has 0 aliphatic rings. The first kappa shape index (κ1) is 16.5. The molecule has 0 saturated heterocycles. The van der Waals surface area contributed by atoms with Crippen LogP contribution in [0.15, 0.2) is 53.3 Å². The number of carbonyl (C=O) groups is 2. The Hall–Kier alpha value is -3.35. The number of Topliss-reactive ketones (excluding diaryl/α,β-unsaturated/α-hetero) is 1. The number of hydrogen-bond donors (Lipinski definition) is 1. The average Bonchev–Trinajstić information content (AvgIpc) is 2.63. The first-order chi connectivity index (χ1) is 12.1. The van der Waals surface area contributed by atoms with Crippen LogP contribution in [0.2, 0.25) is 0 Å². The number of rotatable bonds is 5. The van der Waals surface area contributed by atoms with Crippen molar-refractivity contribution in [3.63, 3.8) is 0 Å². The van der Waals surface area contributed by atoms with E-state index in [9.17, 15) is 18.8 Å². The third kappa shape index (κ3) is 3.60. The minimum Gasteiger partial charge on any atom is -0.457 e. The molecule has 126 valence electrons. The van der Waals surface area contributed by atoms with Gasteiger partial charge >= 0.3 is 5.97 Å². The Morgan fingerprint density at radius 2 is 1.72 bits per heavy atom. The smallest absolute Gasteiger partial charge is 0.312 e. The predicted molar refractivity (Wildman–Crippen MR) is 87.8 cm³/mol. The highest BCUT2D eigenvalue weighted by molar-refractivity contribution is 5.98. The van der Waals surface area contributed by atoms with Gasteiger partial charge in [-0.1, -0.05) is 30.3 Å². The number of aromatic nitrogens is 2. The average molecular weight is 340 g/mol. The van der Waals surface area contributed by atoms with Crippen LogP contribution in [0.4, 0.5) is 4.39 Å². The van der Waals surface area contributed by atoms with Crippen LogP contribution < -0.4 is 5.56 Å². The number of aromatic amines is 1. The summed E-state index contributed by atoms with van der Waals surface area (Å²) < 4.78 is 18.4. The van der Waals surface area contributed by atoms with Crippen LogP contribution in [0.1, 0.15) is 16.1 Å². The number of carbonyl (C=O) groups excluding carboxylic acids is 2. The Bertz CT molecular complexity index is 1010. The molecule has 0 saturated carbocycles. The van der Waals surface area contributed by atoms with E-state index in [4.69, 9.17) is 4.74 Å². The molecule has 1 heterocycles. The van der Waals surface area contributed by atoms with Crippen molar-refractivity contribution in [2.24, 2.45) is 0 Å². The minimum atomic E-state index is -0.700. The summed E-state index contributed by atoms with van der Waals surface area (Å²) in [5, 5.41) is 7.12. The molecular formula is C18H13FN2O4. The van der Waals surface area contributed by atoms with Crippen LogP contribution in [0.3, 0.4) is 0 Å². The van der Waals surface area contributed by atoms with Crippen molar-refractivity contribution in [1.82, 2.24) is 10.2 Å². The maximum atomic E-state index is 13.5. The molecule has 0 aliphatic heterocycles. The van der Waals surface area contributed by atoms with Crippen molar-refractivity contribution in [2.75, 3.05) is 6.61 Å². The lowest BCUT2D eigenvalue weighted by Gasteiger charge is -2.06. The highest BCUT2D eigenvalue weighted by Gasteiger charge is 2.15. The van der Waals surface area contributed by atoms with Gasteiger partial charge < -0.3 is 4.74 Å². The van der Waals surface area contributed by atoms with Crippen molar-refractivity contribution in [3.8, 4) is 0 Å². The van der Waals surface area contributed by atoms with Crippen molar-refractivity contribution >= 4 is 22.5 Å². The molecule has 3 rings (SSSR count). The lowest BCUT2D eigenvalue weighted by Crippen LogP contribution is -2.18. The SMILES string of the molecule is O=C(Cc1n[nH]c(=O)c2ccccc12)OCC(=O)c1ccccc1F. The maximum Gasteiger partial charge on any atom is 0.312 e. The number of nitrogens with zero attached hydrogens (tertiary/aromatic N) is 1. The third-order valence-corrected chi connectivity index (χ3v) is 3.63. The van der Waals surface area contributed by atoms with E-state index in [1.165, 1.54) is 18.2 Å². The van der Waals surface area contributed by atoms with Crippen molar-refractivity contribution in [1.29, 1.82) is 0 Å². The van der Waals surface area contributed by atoms with Gasteiger partial charge in [-0.15, -0.1) is 0 Å². The van der Waals surface area contributed by atoms with E-state index in [1.54, 1.807) is 24.3 Å². The predicted octanol–water partition coefficient (Wildman–Crippen LogP) is 2.03. The first-order valence-corrected chi connectivity index (χ1v) is 7.46. The number of hydrogen-bond acceptors (Lipinski definition) is 5. The summed E-state index contributed by atoms with van der Waals surface area (Å²) >= 11 is 0. The van der Waals surface area contributed by atoms with Gasteiger partial charge in [-0.2, -0.15) is 5.10 Å². The molecule has 0 aliphatic carbocycles. The molecule has 7 heteroatoms. The number of ketones is 1. The van der Waals surface area contributed by atoms with Crippen molar-refractivity contribution < 1.29 is 18.7 Å². The molecule has 1 N–H and O–H groups in total. The third-order valence-electron chi connectivity index (χ3n) is 3.63. The van der Waals surface area contributed by atoms with Gasteiger partial charge in [-0.3, -0.25) is 14.4 Å². The highest BCUT2D eigenvalue weighted by Crippen LogP contribution is 2.13. The number of H-pyrrole nitrogens is 1. The van der Waals surface area contributed by atoms with Gasteiger partial charge in [-0.05, 0) is 18.2 Å². The molecule has 0 fully saturated rings. The van der Waals surface area contributed by atoms with Gasteiger partial charge in [0, 0.05) is 5.39 Å². The van der Waals surface area contributed by atoms with E-state index < -0.39 is 24.2 Å². The summed E-state index contributed by atoms with van der Waals surface area (Å²) in [6, 6.07) is 12.2. The summed E-state index contributed by atoms with van der Waals surface area (Å²) in [4.78, 5) is 35.6. The molecule has 3 aromatic rings. The zero-order chi connectivity index (χ0) is 17.8. The van der Waals surface area contributed by atoms with Crippen molar-refractivity contribution in [3.05, 3.63) is 76.0 Å². The van der Waals surface area contributed by atoms with Crippen LogP contribution in [-0.2, 0) is 16.0 Å². The standard InChI is InChI=1S/C18H13FN2O4/c19-14-8-4-3-7-13(14)16(22)10-25-17(23)9-15-11-5-1-2-6-12(11)18(24)21-20-15/h1-8H,9-10H2,(H,21,24). The summed E-state index contributed by atoms with van der Waals surface area (Å²) in [5.41, 5.74) is -0.163. The molecule has 0 bridgehead atoms. The van der Waals surface area contributed by atoms with E-state index in [-0.39, 0.29) is 17.5 Å². The van der Waals surface area contributed by atoms with Crippen LogP contribution in [0, 0.1) is 5.82 Å². The molecule has 0 spiro atoms. The molecular weight excluding hydrogens is 327 g/mol.